The third kappa shape index (κ3) is 3.30. The van der Waals surface area contributed by atoms with Crippen LogP contribution in [0.1, 0.15) is 24.4 Å². The summed E-state index contributed by atoms with van der Waals surface area (Å²) in [5.74, 6) is 0.329. The number of benzene rings is 2. The molecule has 2 aromatic carbocycles. The lowest BCUT2D eigenvalue weighted by molar-refractivity contribution is 0.529. The summed E-state index contributed by atoms with van der Waals surface area (Å²) in [6, 6.07) is 14.0. The quantitative estimate of drug-likeness (QED) is 0.862. The zero-order valence-corrected chi connectivity index (χ0v) is 14.0. The van der Waals surface area contributed by atoms with Gasteiger partial charge >= 0.3 is 0 Å². The molecule has 1 N–H and O–H groups in total. The molecular weight excluding hydrogens is 341 g/mol. The Kier molecular flexibility index (Phi) is 4.46. The number of hydrogen-bond acceptors (Lipinski definition) is 2. The lowest BCUT2D eigenvalue weighted by Crippen LogP contribution is -2.30. The molecule has 0 spiro atoms. The fraction of sp³-hybridized carbons (Fsp3) is 0.250. The molecule has 1 aliphatic rings. The van der Waals surface area contributed by atoms with Crippen LogP contribution in [0.25, 0.3) is 0 Å². The Morgan fingerprint density at radius 2 is 1.68 bits per heavy atom. The number of hydrogen-bond donors (Lipinski definition) is 1. The molecule has 2 aromatic rings. The SMILES string of the molecule is O=S(=O)(NC(c1ccccc1)C1CC1)c1cccc(Cl)c1Cl. The summed E-state index contributed by atoms with van der Waals surface area (Å²) in [5.41, 5.74) is 0.965. The Labute approximate surface area is 140 Å². The molecule has 1 unspecified atom stereocenters. The monoisotopic (exact) mass is 355 g/mol. The third-order valence-corrected chi connectivity index (χ3v) is 6.15. The first-order chi connectivity index (χ1) is 10.5. The predicted molar refractivity (Wildman–Crippen MR) is 88.7 cm³/mol. The highest BCUT2D eigenvalue weighted by atomic mass is 35.5. The average molecular weight is 356 g/mol. The average Bonchev–Trinajstić information content (AvgIpc) is 3.33. The molecule has 0 saturated heterocycles. The molecule has 0 amide bonds. The molecule has 0 aliphatic heterocycles. The largest absolute Gasteiger partial charge is 0.242 e. The second-order valence-electron chi connectivity index (χ2n) is 5.40. The van der Waals surface area contributed by atoms with Crippen LogP contribution in [0.4, 0.5) is 0 Å². The third-order valence-electron chi connectivity index (χ3n) is 3.74. The van der Waals surface area contributed by atoms with E-state index >= 15 is 0 Å². The van der Waals surface area contributed by atoms with Gasteiger partial charge in [-0.1, -0.05) is 59.6 Å². The van der Waals surface area contributed by atoms with E-state index < -0.39 is 10.0 Å². The van der Waals surface area contributed by atoms with E-state index in [0.717, 1.165) is 18.4 Å². The summed E-state index contributed by atoms with van der Waals surface area (Å²) in [6.45, 7) is 0. The number of nitrogens with one attached hydrogen (secondary N) is 1. The summed E-state index contributed by atoms with van der Waals surface area (Å²) in [6.07, 6.45) is 2.04. The standard InChI is InChI=1S/C16H15Cl2NO2S/c17-13-7-4-8-14(15(13)18)22(20,21)19-16(12-9-10-12)11-5-2-1-3-6-11/h1-8,12,16,19H,9-10H2. The molecule has 3 nitrogen and oxygen atoms in total. The van der Waals surface area contributed by atoms with Crippen molar-refractivity contribution in [1.29, 1.82) is 0 Å². The maximum absolute atomic E-state index is 12.7. The van der Waals surface area contributed by atoms with Gasteiger partial charge in [-0.2, -0.15) is 0 Å². The summed E-state index contributed by atoms with van der Waals surface area (Å²) in [7, 11) is -3.73. The summed E-state index contributed by atoms with van der Waals surface area (Å²) in [4.78, 5) is 0.0169. The lowest BCUT2D eigenvalue weighted by atomic mass is 10.0. The Balaban J connectivity index is 1.94. The molecule has 0 bridgehead atoms. The van der Waals surface area contributed by atoms with Crippen LogP contribution >= 0.6 is 23.2 Å². The normalized spacial score (nSPS) is 16.5. The van der Waals surface area contributed by atoms with Crippen LogP contribution in [-0.4, -0.2) is 8.42 Å². The first kappa shape index (κ1) is 15.8. The van der Waals surface area contributed by atoms with Crippen molar-refractivity contribution in [3.8, 4) is 0 Å². The van der Waals surface area contributed by atoms with Crippen molar-refractivity contribution in [3.05, 3.63) is 64.1 Å². The second kappa shape index (κ2) is 6.20. The van der Waals surface area contributed by atoms with Gasteiger partial charge in [-0.3, -0.25) is 0 Å². The van der Waals surface area contributed by atoms with Gasteiger partial charge in [-0.15, -0.1) is 0 Å². The zero-order valence-electron chi connectivity index (χ0n) is 11.7. The van der Waals surface area contributed by atoms with E-state index in [-0.39, 0.29) is 21.0 Å². The van der Waals surface area contributed by atoms with Crippen LogP contribution in [0.2, 0.25) is 10.0 Å². The Bertz CT molecular complexity index is 774. The van der Waals surface area contributed by atoms with Gasteiger partial charge in [0.2, 0.25) is 10.0 Å². The van der Waals surface area contributed by atoms with E-state index in [1.165, 1.54) is 6.07 Å². The molecule has 6 heteroatoms. The van der Waals surface area contributed by atoms with Gasteiger partial charge in [0.05, 0.1) is 10.0 Å². The van der Waals surface area contributed by atoms with E-state index in [1.807, 2.05) is 30.3 Å². The van der Waals surface area contributed by atoms with Crippen LogP contribution in [0, 0.1) is 5.92 Å². The molecule has 0 radical (unpaired) electrons. The molecule has 116 valence electrons. The second-order valence-corrected chi connectivity index (χ2v) is 7.87. The highest BCUT2D eigenvalue weighted by molar-refractivity contribution is 7.89. The first-order valence-electron chi connectivity index (χ1n) is 7.00. The van der Waals surface area contributed by atoms with E-state index in [9.17, 15) is 8.42 Å². The van der Waals surface area contributed by atoms with Gasteiger partial charge in [0.15, 0.2) is 0 Å². The van der Waals surface area contributed by atoms with Crippen LogP contribution in [0.3, 0.4) is 0 Å². The van der Waals surface area contributed by atoms with E-state index in [1.54, 1.807) is 12.1 Å². The predicted octanol–water partition coefficient (Wildman–Crippen LogP) is 4.42. The fourth-order valence-electron chi connectivity index (χ4n) is 2.45. The minimum absolute atomic E-state index is 0.0169. The van der Waals surface area contributed by atoms with Crippen molar-refractivity contribution in [2.75, 3.05) is 0 Å². The van der Waals surface area contributed by atoms with E-state index in [0.29, 0.717) is 5.92 Å². The zero-order chi connectivity index (χ0) is 15.7. The lowest BCUT2D eigenvalue weighted by Gasteiger charge is -2.19. The van der Waals surface area contributed by atoms with Gasteiger partial charge in [0.1, 0.15) is 4.90 Å². The van der Waals surface area contributed by atoms with Crippen molar-refractivity contribution >= 4 is 33.2 Å². The smallest absolute Gasteiger partial charge is 0.207 e. The van der Waals surface area contributed by atoms with Crippen molar-refractivity contribution in [2.45, 2.75) is 23.8 Å². The van der Waals surface area contributed by atoms with Gasteiger partial charge in [-0.25, -0.2) is 13.1 Å². The molecule has 1 saturated carbocycles. The molecule has 1 aliphatic carbocycles. The minimum atomic E-state index is -3.73. The minimum Gasteiger partial charge on any atom is -0.207 e. The Morgan fingerprint density at radius 3 is 2.32 bits per heavy atom. The van der Waals surface area contributed by atoms with E-state index in [2.05, 4.69) is 4.72 Å². The molecule has 0 heterocycles. The molecule has 1 fully saturated rings. The van der Waals surface area contributed by atoms with Gasteiger partial charge in [0.25, 0.3) is 0 Å². The highest BCUT2D eigenvalue weighted by Crippen LogP contribution is 2.42. The first-order valence-corrected chi connectivity index (χ1v) is 9.24. The molecule has 22 heavy (non-hydrogen) atoms. The molecular formula is C16H15Cl2NO2S. The van der Waals surface area contributed by atoms with Crippen molar-refractivity contribution in [2.24, 2.45) is 5.92 Å². The highest BCUT2D eigenvalue weighted by Gasteiger charge is 2.35. The maximum Gasteiger partial charge on any atom is 0.242 e. The van der Waals surface area contributed by atoms with E-state index in [4.69, 9.17) is 23.2 Å². The van der Waals surface area contributed by atoms with Crippen molar-refractivity contribution in [3.63, 3.8) is 0 Å². The van der Waals surface area contributed by atoms with Crippen molar-refractivity contribution < 1.29 is 8.42 Å². The van der Waals surface area contributed by atoms with Crippen LogP contribution in [-0.2, 0) is 10.0 Å². The number of halogens is 2. The number of rotatable bonds is 5. The van der Waals surface area contributed by atoms with Crippen molar-refractivity contribution in [1.82, 2.24) is 4.72 Å². The molecule has 3 rings (SSSR count). The molecule has 0 aromatic heterocycles. The van der Waals surface area contributed by atoms with Crippen LogP contribution < -0.4 is 4.72 Å². The maximum atomic E-state index is 12.7. The van der Waals surface area contributed by atoms with Gasteiger partial charge in [0, 0.05) is 6.04 Å². The topological polar surface area (TPSA) is 46.2 Å². The summed E-state index contributed by atoms with van der Waals surface area (Å²) >= 11 is 12.0. The Hall–Kier alpha value is -1.07. The Morgan fingerprint density at radius 1 is 1.00 bits per heavy atom. The summed E-state index contributed by atoms with van der Waals surface area (Å²) in [5, 5.41) is 0.284. The molecule has 1 atom stereocenters. The van der Waals surface area contributed by atoms with Crippen LogP contribution in [0.5, 0.6) is 0 Å². The fourth-order valence-corrected chi connectivity index (χ4v) is 4.50. The van der Waals surface area contributed by atoms with Gasteiger partial charge < -0.3 is 0 Å². The van der Waals surface area contributed by atoms with Crippen LogP contribution in [0.15, 0.2) is 53.4 Å². The number of sulfonamides is 1. The summed E-state index contributed by atoms with van der Waals surface area (Å²) < 4.78 is 28.1. The van der Waals surface area contributed by atoms with Gasteiger partial charge in [-0.05, 0) is 36.5 Å².